The molecule has 0 bridgehead atoms. The number of ether oxygens (including phenoxy) is 2. The largest absolute Gasteiger partial charge is 0.454 e. The lowest BCUT2D eigenvalue weighted by Gasteiger charge is -2.21. The van der Waals surface area contributed by atoms with Crippen molar-refractivity contribution in [2.45, 2.75) is 13.5 Å². The van der Waals surface area contributed by atoms with Gasteiger partial charge >= 0.3 is 6.03 Å². The zero-order chi connectivity index (χ0) is 18.6. The number of anilines is 1. The standard InChI is InChI=1S/C20H19N3O3S/c1-2-23(11-15-9-6-10-17-18(15)26-13-25-17)20(24)22-19-21-16(12-27-19)14-7-4-3-5-8-14/h3-10,12H,2,11,13H2,1H3,(H,21,22,24). The van der Waals surface area contributed by atoms with Crippen molar-refractivity contribution < 1.29 is 14.3 Å². The molecule has 2 heterocycles. The Bertz CT molecular complexity index is 943. The van der Waals surface area contributed by atoms with E-state index in [1.807, 2.05) is 60.8 Å². The van der Waals surface area contributed by atoms with Crippen LogP contribution < -0.4 is 14.8 Å². The highest BCUT2D eigenvalue weighted by Gasteiger charge is 2.21. The van der Waals surface area contributed by atoms with E-state index >= 15 is 0 Å². The lowest BCUT2D eigenvalue weighted by atomic mass is 10.1. The monoisotopic (exact) mass is 381 g/mol. The summed E-state index contributed by atoms with van der Waals surface area (Å²) >= 11 is 1.41. The van der Waals surface area contributed by atoms with Crippen LogP contribution in [0.1, 0.15) is 12.5 Å². The molecule has 6 nitrogen and oxygen atoms in total. The second-order valence-corrected chi connectivity index (χ2v) is 6.86. The number of hydrogen-bond donors (Lipinski definition) is 1. The van der Waals surface area contributed by atoms with Crippen LogP contribution >= 0.6 is 11.3 Å². The van der Waals surface area contributed by atoms with Crippen molar-refractivity contribution in [2.75, 3.05) is 18.7 Å². The zero-order valence-corrected chi connectivity index (χ0v) is 15.7. The number of fused-ring (bicyclic) bond motifs is 1. The molecule has 0 atom stereocenters. The van der Waals surface area contributed by atoms with E-state index in [0.717, 1.165) is 22.6 Å². The molecule has 3 aromatic rings. The summed E-state index contributed by atoms with van der Waals surface area (Å²) in [6.45, 7) is 3.16. The van der Waals surface area contributed by atoms with E-state index in [-0.39, 0.29) is 12.8 Å². The summed E-state index contributed by atoms with van der Waals surface area (Å²) < 4.78 is 10.9. The minimum atomic E-state index is -0.192. The molecule has 7 heteroatoms. The minimum absolute atomic E-state index is 0.192. The quantitative estimate of drug-likeness (QED) is 0.702. The zero-order valence-electron chi connectivity index (χ0n) is 14.8. The Kier molecular flexibility index (Phi) is 4.93. The fraction of sp³-hybridized carbons (Fsp3) is 0.200. The van der Waals surface area contributed by atoms with Gasteiger partial charge < -0.3 is 14.4 Å². The molecule has 0 fully saturated rings. The number of para-hydroxylation sites is 1. The number of rotatable bonds is 5. The van der Waals surface area contributed by atoms with E-state index in [4.69, 9.17) is 9.47 Å². The molecule has 4 rings (SSSR count). The lowest BCUT2D eigenvalue weighted by Crippen LogP contribution is -2.34. The van der Waals surface area contributed by atoms with Crippen molar-refractivity contribution in [2.24, 2.45) is 0 Å². The number of benzene rings is 2. The van der Waals surface area contributed by atoms with E-state index in [1.54, 1.807) is 4.90 Å². The molecule has 27 heavy (non-hydrogen) atoms. The number of hydrogen-bond acceptors (Lipinski definition) is 5. The highest BCUT2D eigenvalue weighted by molar-refractivity contribution is 7.14. The summed E-state index contributed by atoms with van der Waals surface area (Å²) in [5.74, 6) is 1.43. The van der Waals surface area contributed by atoms with Crippen LogP contribution in [0.3, 0.4) is 0 Å². The number of aromatic nitrogens is 1. The van der Waals surface area contributed by atoms with Crippen molar-refractivity contribution in [3.8, 4) is 22.8 Å². The number of urea groups is 1. The third-order valence-electron chi connectivity index (χ3n) is 4.30. The number of nitrogens with zero attached hydrogens (tertiary/aromatic N) is 2. The Morgan fingerprint density at radius 3 is 2.85 bits per heavy atom. The second kappa shape index (κ2) is 7.67. The second-order valence-electron chi connectivity index (χ2n) is 6.00. The van der Waals surface area contributed by atoms with Crippen LogP contribution in [-0.2, 0) is 6.54 Å². The highest BCUT2D eigenvalue weighted by Crippen LogP contribution is 2.36. The minimum Gasteiger partial charge on any atom is -0.454 e. The number of carbonyl (C=O) groups excluding carboxylic acids is 1. The maximum atomic E-state index is 12.7. The lowest BCUT2D eigenvalue weighted by molar-refractivity contribution is 0.172. The molecular formula is C20H19N3O3S. The molecule has 1 aromatic heterocycles. The van der Waals surface area contributed by atoms with Gasteiger partial charge in [-0.3, -0.25) is 5.32 Å². The van der Waals surface area contributed by atoms with Crippen molar-refractivity contribution in [3.63, 3.8) is 0 Å². The van der Waals surface area contributed by atoms with E-state index < -0.39 is 0 Å². The molecule has 0 saturated heterocycles. The Morgan fingerprint density at radius 2 is 2.04 bits per heavy atom. The molecule has 0 radical (unpaired) electrons. The van der Waals surface area contributed by atoms with Crippen molar-refractivity contribution in [3.05, 3.63) is 59.5 Å². The van der Waals surface area contributed by atoms with Gasteiger partial charge in [-0.2, -0.15) is 0 Å². The molecular weight excluding hydrogens is 362 g/mol. The number of nitrogens with one attached hydrogen (secondary N) is 1. The van der Waals surface area contributed by atoms with Crippen molar-refractivity contribution >= 4 is 22.5 Å². The maximum Gasteiger partial charge on any atom is 0.323 e. The molecule has 1 aliphatic rings. The Balaban J connectivity index is 1.46. The molecule has 1 aliphatic heterocycles. The van der Waals surface area contributed by atoms with Crippen LogP contribution in [0.25, 0.3) is 11.3 Å². The van der Waals surface area contributed by atoms with E-state index in [2.05, 4.69) is 10.3 Å². The first-order chi connectivity index (χ1) is 13.2. The molecule has 0 aliphatic carbocycles. The molecule has 138 valence electrons. The van der Waals surface area contributed by atoms with Crippen LogP contribution in [0.15, 0.2) is 53.9 Å². The molecule has 0 spiro atoms. The predicted molar refractivity (Wildman–Crippen MR) is 105 cm³/mol. The Labute approximate surface area is 161 Å². The van der Waals surface area contributed by atoms with Gasteiger partial charge in [0.15, 0.2) is 16.6 Å². The van der Waals surface area contributed by atoms with Gasteiger partial charge in [0.05, 0.1) is 12.2 Å². The molecule has 0 saturated carbocycles. The third-order valence-corrected chi connectivity index (χ3v) is 5.05. The first-order valence-corrected chi connectivity index (χ1v) is 9.57. The first kappa shape index (κ1) is 17.4. The van der Waals surface area contributed by atoms with Gasteiger partial charge in [0, 0.05) is 23.1 Å². The molecule has 0 unspecified atom stereocenters. The van der Waals surface area contributed by atoms with Crippen LogP contribution in [0.2, 0.25) is 0 Å². The Morgan fingerprint density at radius 1 is 1.19 bits per heavy atom. The van der Waals surface area contributed by atoms with E-state index in [1.165, 1.54) is 11.3 Å². The molecule has 1 N–H and O–H groups in total. The van der Waals surface area contributed by atoms with Gasteiger partial charge in [0.2, 0.25) is 6.79 Å². The summed E-state index contributed by atoms with van der Waals surface area (Å²) in [6, 6.07) is 15.4. The predicted octanol–water partition coefficient (Wildman–Crippen LogP) is 4.59. The maximum absolute atomic E-state index is 12.7. The summed E-state index contributed by atoms with van der Waals surface area (Å²) in [6.07, 6.45) is 0. The molecule has 2 amide bonds. The molecule has 2 aromatic carbocycles. The van der Waals surface area contributed by atoms with Crippen molar-refractivity contribution in [1.29, 1.82) is 0 Å². The summed E-state index contributed by atoms with van der Waals surface area (Å²) in [4.78, 5) is 18.9. The van der Waals surface area contributed by atoms with Crippen LogP contribution in [0, 0.1) is 0 Å². The summed E-state index contributed by atoms with van der Waals surface area (Å²) in [5.41, 5.74) is 2.80. The van der Waals surface area contributed by atoms with Gasteiger partial charge in [0.1, 0.15) is 0 Å². The van der Waals surface area contributed by atoms with Gasteiger partial charge in [-0.1, -0.05) is 42.5 Å². The Hall–Kier alpha value is -3.06. The summed E-state index contributed by atoms with van der Waals surface area (Å²) in [7, 11) is 0. The van der Waals surface area contributed by atoms with Crippen molar-refractivity contribution in [1.82, 2.24) is 9.88 Å². The van der Waals surface area contributed by atoms with Crippen LogP contribution in [-0.4, -0.2) is 29.3 Å². The summed E-state index contributed by atoms with van der Waals surface area (Å²) in [5, 5.41) is 5.41. The highest BCUT2D eigenvalue weighted by atomic mass is 32.1. The van der Waals surface area contributed by atoms with Gasteiger partial charge in [0.25, 0.3) is 0 Å². The first-order valence-electron chi connectivity index (χ1n) is 8.69. The third kappa shape index (κ3) is 3.73. The topological polar surface area (TPSA) is 63.7 Å². The average Bonchev–Trinajstić information content (AvgIpc) is 3.36. The van der Waals surface area contributed by atoms with E-state index in [0.29, 0.717) is 24.0 Å². The normalized spacial score (nSPS) is 12.0. The number of carbonyl (C=O) groups is 1. The average molecular weight is 381 g/mol. The van der Waals surface area contributed by atoms with E-state index in [9.17, 15) is 4.79 Å². The van der Waals surface area contributed by atoms with Crippen LogP contribution in [0.4, 0.5) is 9.93 Å². The van der Waals surface area contributed by atoms with Gasteiger partial charge in [-0.15, -0.1) is 11.3 Å². The van der Waals surface area contributed by atoms with Crippen LogP contribution in [0.5, 0.6) is 11.5 Å². The smallest absolute Gasteiger partial charge is 0.323 e. The number of amides is 2. The SMILES string of the molecule is CCN(Cc1cccc2c1OCO2)C(=O)Nc1nc(-c2ccccc2)cs1. The van der Waals surface area contributed by atoms with Gasteiger partial charge in [-0.05, 0) is 13.0 Å². The fourth-order valence-electron chi connectivity index (χ4n) is 2.89. The number of thiazole rings is 1. The fourth-order valence-corrected chi connectivity index (χ4v) is 3.60. The van der Waals surface area contributed by atoms with Gasteiger partial charge in [-0.25, -0.2) is 9.78 Å².